The van der Waals surface area contributed by atoms with Crippen molar-refractivity contribution in [2.24, 2.45) is 11.0 Å². The number of aliphatic carboxylic acids is 1. The minimum Gasteiger partial charge on any atom is -0.481 e. The van der Waals surface area contributed by atoms with Gasteiger partial charge in [0.25, 0.3) is 0 Å². The Labute approximate surface area is 198 Å². The number of carbonyl (C=O) groups is 4. The molecule has 0 spiro atoms. The number of amides is 1. The Morgan fingerprint density at radius 2 is 1.74 bits per heavy atom. The lowest BCUT2D eigenvalue weighted by molar-refractivity contribution is -0.140. The molecule has 2 atom stereocenters. The van der Waals surface area contributed by atoms with Gasteiger partial charge in [0.05, 0.1) is 32.3 Å². The molecule has 0 aromatic heterocycles. The van der Waals surface area contributed by atoms with Crippen LogP contribution in [0.4, 0.5) is 0 Å². The Balaban J connectivity index is 2.54. The van der Waals surface area contributed by atoms with E-state index in [-0.39, 0.29) is 38.4 Å². The van der Waals surface area contributed by atoms with Gasteiger partial charge in [-0.25, -0.2) is 0 Å². The van der Waals surface area contributed by atoms with Crippen molar-refractivity contribution < 1.29 is 33.8 Å². The molecule has 0 fully saturated rings. The maximum Gasteiger partial charge on any atom is 0.305 e. The number of ether oxygens (including phenoxy) is 2. The summed E-state index contributed by atoms with van der Waals surface area (Å²) in [5.41, 5.74) is 9.01. The van der Waals surface area contributed by atoms with Crippen LogP contribution in [0.1, 0.15) is 38.2 Å². The van der Waals surface area contributed by atoms with Crippen LogP contribution in [0.15, 0.2) is 35.4 Å². The number of carbonyl (C=O) groups excluding carboxylic acids is 3. The van der Waals surface area contributed by atoms with E-state index >= 15 is 0 Å². The molecule has 0 aliphatic heterocycles. The second-order valence-corrected chi connectivity index (χ2v) is 7.70. The Bertz CT molecular complexity index is 841. The van der Waals surface area contributed by atoms with E-state index in [2.05, 4.69) is 15.3 Å². The molecule has 0 heterocycles. The van der Waals surface area contributed by atoms with Crippen molar-refractivity contribution in [3.05, 3.63) is 46.3 Å². The molecule has 0 aliphatic rings. The fourth-order valence-corrected chi connectivity index (χ4v) is 3.21. The molecule has 1 aromatic carbocycles. The van der Waals surface area contributed by atoms with E-state index < -0.39 is 36.0 Å². The summed E-state index contributed by atoms with van der Waals surface area (Å²) < 4.78 is 10.5. The van der Waals surface area contributed by atoms with Gasteiger partial charge in [0.2, 0.25) is 5.91 Å². The first-order chi connectivity index (χ1) is 16.3. The number of Topliss-reactive ketones (excluding diaryl/α,β-unsaturated/α-hetero) is 2. The van der Waals surface area contributed by atoms with Crippen LogP contribution in [0.3, 0.4) is 0 Å². The van der Waals surface area contributed by atoms with Crippen LogP contribution in [-0.2, 0) is 35.1 Å². The molecule has 11 heteroatoms. The summed E-state index contributed by atoms with van der Waals surface area (Å²) in [6.07, 6.45) is 0.144. The molecule has 0 bridgehead atoms. The fraction of sp³-hybridized carbons (Fsp3) is 0.565. The van der Waals surface area contributed by atoms with Gasteiger partial charge < -0.3 is 24.7 Å². The summed E-state index contributed by atoms with van der Waals surface area (Å²) in [4.78, 5) is 51.0. The second kappa shape index (κ2) is 17.2. The predicted molar refractivity (Wildman–Crippen MR) is 123 cm³/mol. The molecule has 0 saturated carbocycles. The molecule has 1 rings (SSSR count). The number of azide groups is 1. The summed E-state index contributed by atoms with van der Waals surface area (Å²) in [6, 6.07) is 7.99. The van der Waals surface area contributed by atoms with Gasteiger partial charge in [0, 0.05) is 36.8 Å². The van der Waals surface area contributed by atoms with Gasteiger partial charge >= 0.3 is 5.97 Å². The molecule has 0 unspecified atom stereocenters. The lowest BCUT2D eigenvalue weighted by Crippen LogP contribution is -2.45. The van der Waals surface area contributed by atoms with Crippen LogP contribution in [0.5, 0.6) is 0 Å². The van der Waals surface area contributed by atoms with Crippen molar-refractivity contribution in [2.45, 2.75) is 45.1 Å². The highest BCUT2D eigenvalue weighted by Crippen LogP contribution is 2.14. The minimum absolute atomic E-state index is 0.00647. The maximum atomic E-state index is 12.8. The number of hydrogen-bond acceptors (Lipinski definition) is 7. The van der Waals surface area contributed by atoms with Crippen LogP contribution in [0, 0.1) is 5.92 Å². The maximum absolute atomic E-state index is 12.8. The van der Waals surface area contributed by atoms with Gasteiger partial charge in [-0.3, -0.25) is 14.4 Å². The summed E-state index contributed by atoms with van der Waals surface area (Å²) >= 11 is 0. The molecular formula is C23H32N4O7. The monoisotopic (exact) mass is 476 g/mol. The Morgan fingerprint density at radius 3 is 2.35 bits per heavy atom. The molecule has 0 radical (unpaired) electrons. The highest BCUT2D eigenvalue weighted by atomic mass is 16.5. The molecule has 1 aromatic rings. The molecule has 0 aliphatic carbocycles. The number of carboxylic acids is 1. The lowest BCUT2D eigenvalue weighted by Gasteiger charge is -2.21. The van der Waals surface area contributed by atoms with Crippen molar-refractivity contribution >= 4 is 23.4 Å². The average molecular weight is 477 g/mol. The smallest absolute Gasteiger partial charge is 0.305 e. The van der Waals surface area contributed by atoms with E-state index in [9.17, 15) is 24.3 Å². The average Bonchev–Trinajstić information content (AvgIpc) is 2.79. The largest absolute Gasteiger partial charge is 0.481 e. The number of carboxylic acid groups (broad SMARTS) is 1. The first kappa shape index (κ1) is 28.8. The molecule has 11 nitrogen and oxygen atoms in total. The third-order valence-corrected chi connectivity index (χ3v) is 4.80. The third-order valence-electron chi connectivity index (χ3n) is 4.80. The van der Waals surface area contributed by atoms with Crippen LogP contribution >= 0.6 is 0 Å². The first-order valence-electron chi connectivity index (χ1n) is 11.1. The Kier molecular flexibility index (Phi) is 14.6. The second-order valence-electron chi connectivity index (χ2n) is 7.70. The molecule has 0 saturated heterocycles. The van der Waals surface area contributed by atoms with E-state index in [1.807, 2.05) is 30.3 Å². The zero-order valence-corrected chi connectivity index (χ0v) is 19.4. The zero-order valence-electron chi connectivity index (χ0n) is 19.4. The minimum atomic E-state index is -1.21. The van der Waals surface area contributed by atoms with E-state index in [0.29, 0.717) is 26.1 Å². The Hall–Kier alpha value is -3.27. The van der Waals surface area contributed by atoms with Crippen LogP contribution in [0.25, 0.3) is 10.4 Å². The highest BCUT2D eigenvalue weighted by molar-refractivity contribution is 5.93. The summed E-state index contributed by atoms with van der Waals surface area (Å²) in [6.45, 7) is 2.78. The number of nitrogens with one attached hydrogen (secondary N) is 1. The van der Waals surface area contributed by atoms with E-state index in [1.54, 1.807) is 0 Å². The molecule has 34 heavy (non-hydrogen) atoms. The number of hydrogen-bond donors (Lipinski definition) is 2. The fourth-order valence-electron chi connectivity index (χ4n) is 3.21. The first-order valence-corrected chi connectivity index (χ1v) is 11.1. The van der Waals surface area contributed by atoms with Gasteiger partial charge in [-0.05, 0) is 30.9 Å². The molecule has 2 N–H and O–H groups in total. The molecule has 186 valence electrons. The normalized spacial score (nSPS) is 12.3. The number of benzene rings is 1. The van der Waals surface area contributed by atoms with Crippen LogP contribution < -0.4 is 5.32 Å². The van der Waals surface area contributed by atoms with Gasteiger partial charge in [0.15, 0.2) is 5.78 Å². The van der Waals surface area contributed by atoms with Gasteiger partial charge in [-0.1, -0.05) is 35.4 Å². The molecule has 1 amide bonds. The third kappa shape index (κ3) is 13.3. The topological polar surface area (TPSA) is 168 Å². The number of nitrogens with zero attached hydrogens (tertiary/aromatic N) is 3. The molecular weight excluding hydrogens is 444 g/mol. The van der Waals surface area contributed by atoms with Crippen molar-refractivity contribution in [3.63, 3.8) is 0 Å². The summed E-state index contributed by atoms with van der Waals surface area (Å²) in [5, 5.41) is 15.1. The van der Waals surface area contributed by atoms with Crippen LogP contribution in [0.2, 0.25) is 0 Å². The van der Waals surface area contributed by atoms with Gasteiger partial charge in [-0.15, -0.1) is 0 Å². The number of ketones is 2. The standard InChI is InChI=1S/C23H32N4O7/c1-17(28)14-19(15-18-6-3-2-4-7-18)23(32)26-20(16-22(30)31)21(29)8-5-10-33-12-13-34-11-9-25-27-24/h2-4,6-7,19-20H,5,8-16H2,1H3,(H,26,32)(H,30,31)/t19-,20+/m1/s1. The number of rotatable bonds is 19. The van der Waals surface area contributed by atoms with Crippen molar-refractivity contribution in [2.75, 3.05) is 33.0 Å². The summed E-state index contributed by atoms with van der Waals surface area (Å²) in [5.74, 6) is -3.01. The van der Waals surface area contributed by atoms with Crippen LogP contribution in [-0.4, -0.2) is 67.6 Å². The van der Waals surface area contributed by atoms with Crippen molar-refractivity contribution in [1.29, 1.82) is 0 Å². The Morgan fingerprint density at radius 1 is 1.06 bits per heavy atom. The lowest BCUT2D eigenvalue weighted by atomic mass is 9.93. The van der Waals surface area contributed by atoms with Gasteiger partial charge in [-0.2, -0.15) is 0 Å². The SMILES string of the molecule is CC(=O)C[C@H](Cc1ccccc1)C(=O)N[C@@H](CC(=O)O)C(=O)CCCOCCOCCN=[N+]=[N-]. The highest BCUT2D eigenvalue weighted by Gasteiger charge is 2.28. The quantitative estimate of drug-likeness (QED) is 0.134. The summed E-state index contributed by atoms with van der Waals surface area (Å²) in [7, 11) is 0. The predicted octanol–water partition coefficient (Wildman–Crippen LogP) is 2.48. The zero-order chi connectivity index (χ0) is 25.2. The van der Waals surface area contributed by atoms with Crippen molar-refractivity contribution in [1.82, 2.24) is 5.32 Å². The van der Waals surface area contributed by atoms with E-state index in [1.165, 1.54) is 6.92 Å². The van der Waals surface area contributed by atoms with E-state index in [0.717, 1.165) is 5.56 Å². The van der Waals surface area contributed by atoms with Gasteiger partial charge in [0.1, 0.15) is 5.78 Å². The van der Waals surface area contributed by atoms with E-state index in [4.69, 9.17) is 15.0 Å². The van der Waals surface area contributed by atoms with Crippen molar-refractivity contribution in [3.8, 4) is 0 Å².